The van der Waals surface area contributed by atoms with Gasteiger partial charge in [0.25, 0.3) is 0 Å². The molecule has 0 aliphatic rings. The fourth-order valence-electron chi connectivity index (χ4n) is 1.78. The number of allylic oxidation sites excluding steroid dienone is 1. The van der Waals surface area contributed by atoms with Crippen LogP contribution in [0.2, 0.25) is 0 Å². The van der Waals surface area contributed by atoms with Gasteiger partial charge in [-0.15, -0.1) is 0 Å². The molecule has 114 valence electrons. The molecule has 4 nitrogen and oxygen atoms in total. The van der Waals surface area contributed by atoms with Crippen LogP contribution in [0.15, 0.2) is 66.2 Å². The van der Waals surface area contributed by atoms with Crippen LogP contribution in [-0.2, 0) is 0 Å². The molecule has 2 amide bonds. The summed E-state index contributed by atoms with van der Waals surface area (Å²) in [6, 6.07) is 16.3. The number of carbonyl (C=O) groups excluding carboxylic acids is 1. The van der Waals surface area contributed by atoms with Gasteiger partial charge in [0.2, 0.25) is 0 Å². The van der Waals surface area contributed by atoms with Crippen LogP contribution in [-0.4, -0.2) is 12.6 Å². The Balaban J connectivity index is 1.92. The van der Waals surface area contributed by atoms with E-state index in [-0.39, 0.29) is 6.03 Å². The third kappa shape index (κ3) is 5.32. The van der Waals surface area contributed by atoms with E-state index in [9.17, 15) is 4.79 Å². The van der Waals surface area contributed by atoms with Gasteiger partial charge < -0.3 is 15.4 Å². The van der Waals surface area contributed by atoms with Gasteiger partial charge in [-0.05, 0) is 44.2 Å². The van der Waals surface area contributed by atoms with E-state index in [1.807, 2.05) is 68.5 Å². The summed E-state index contributed by atoms with van der Waals surface area (Å²) < 4.78 is 5.61. The maximum Gasteiger partial charge on any atom is 0.323 e. The van der Waals surface area contributed by atoms with Crippen LogP contribution in [0.5, 0.6) is 5.75 Å². The third-order valence-electron chi connectivity index (χ3n) is 2.87. The topological polar surface area (TPSA) is 50.4 Å². The summed E-state index contributed by atoms with van der Waals surface area (Å²) in [5.41, 5.74) is 2.63. The maximum absolute atomic E-state index is 11.9. The number of rotatable bonds is 5. The van der Waals surface area contributed by atoms with E-state index in [1.165, 1.54) is 5.57 Å². The molecule has 0 bridgehead atoms. The molecule has 0 unspecified atom stereocenters. The minimum Gasteiger partial charge on any atom is -0.489 e. The van der Waals surface area contributed by atoms with E-state index >= 15 is 0 Å². The zero-order chi connectivity index (χ0) is 15.8. The molecule has 2 rings (SSSR count). The van der Waals surface area contributed by atoms with Crippen molar-refractivity contribution >= 4 is 17.4 Å². The number of nitrogens with one attached hydrogen (secondary N) is 2. The maximum atomic E-state index is 11.9. The highest BCUT2D eigenvalue weighted by Crippen LogP contribution is 2.18. The van der Waals surface area contributed by atoms with Crippen LogP contribution >= 0.6 is 0 Å². The number of amides is 2. The lowest BCUT2D eigenvalue weighted by molar-refractivity contribution is 0.262. The molecule has 0 heterocycles. The molecule has 0 spiro atoms. The number of benzene rings is 2. The summed E-state index contributed by atoms with van der Waals surface area (Å²) in [7, 11) is 0. The van der Waals surface area contributed by atoms with Crippen molar-refractivity contribution in [3.63, 3.8) is 0 Å². The van der Waals surface area contributed by atoms with Gasteiger partial charge in [0.15, 0.2) is 0 Å². The number of para-hydroxylation sites is 1. The van der Waals surface area contributed by atoms with Gasteiger partial charge >= 0.3 is 6.03 Å². The highest BCUT2D eigenvalue weighted by molar-refractivity contribution is 5.99. The van der Waals surface area contributed by atoms with E-state index in [4.69, 9.17) is 4.74 Å². The van der Waals surface area contributed by atoms with Crippen molar-refractivity contribution in [2.24, 2.45) is 0 Å². The van der Waals surface area contributed by atoms with Crippen molar-refractivity contribution in [2.45, 2.75) is 13.8 Å². The Bertz CT molecular complexity index is 647. The van der Waals surface area contributed by atoms with Crippen LogP contribution in [0.25, 0.3) is 0 Å². The second kappa shape index (κ2) is 7.88. The third-order valence-corrected chi connectivity index (χ3v) is 2.87. The Kier molecular flexibility index (Phi) is 5.60. The molecule has 2 N–H and O–H groups in total. The molecule has 0 aromatic heterocycles. The molecule has 0 saturated heterocycles. The van der Waals surface area contributed by atoms with Crippen molar-refractivity contribution in [1.29, 1.82) is 0 Å². The first kappa shape index (κ1) is 15.6. The highest BCUT2D eigenvalue weighted by Gasteiger charge is 2.03. The molecule has 0 aliphatic carbocycles. The van der Waals surface area contributed by atoms with Crippen molar-refractivity contribution < 1.29 is 9.53 Å². The molecular formula is C18H20N2O2. The fraction of sp³-hybridized carbons (Fsp3) is 0.167. The van der Waals surface area contributed by atoms with Crippen LogP contribution in [0.1, 0.15) is 13.8 Å². The van der Waals surface area contributed by atoms with Gasteiger partial charge in [-0.1, -0.05) is 29.8 Å². The normalized spacial score (nSPS) is 9.73. The SMILES string of the molecule is CC(C)=CCOc1cccc(NC(=O)Nc2ccccc2)c1. The van der Waals surface area contributed by atoms with Crippen LogP contribution in [0.3, 0.4) is 0 Å². The summed E-state index contributed by atoms with van der Waals surface area (Å²) in [4.78, 5) is 11.9. The van der Waals surface area contributed by atoms with E-state index in [1.54, 1.807) is 6.07 Å². The van der Waals surface area contributed by atoms with Gasteiger partial charge in [0.1, 0.15) is 12.4 Å². The van der Waals surface area contributed by atoms with Crippen LogP contribution in [0, 0.1) is 0 Å². The number of anilines is 2. The van der Waals surface area contributed by atoms with Crippen LogP contribution < -0.4 is 15.4 Å². The van der Waals surface area contributed by atoms with Crippen molar-refractivity contribution in [3.05, 3.63) is 66.2 Å². The summed E-state index contributed by atoms with van der Waals surface area (Å²) in [6.07, 6.45) is 2.00. The Morgan fingerprint density at radius 3 is 2.41 bits per heavy atom. The van der Waals surface area contributed by atoms with Crippen molar-refractivity contribution in [1.82, 2.24) is 0 Å². The lowest BCUT2D eigenvalue weighted by atomic mass is 10.3. The summed E-state index contributed by atoms with van der Waals surface area (Å²) in [6.45, 7) is 4.56. The quantitative estimate of drug-likeness (QED) is 0.787. The molecule has 0 atom stereocenters. The largest absolute Gasteiger partial charge is 0.489 e. The Morgan fingerprint density at radius 1 is 1.00 bits per heavy atom. The molecule has 22 heavy (non-hydrogen) atoms. The zero-order valence-corrected chi connectivity index (χ0v) is 12.8. The average Bonchev–Trinajstić information content (AvgIpc) is 2.48. The molecule has 0 fully saturated rings. The Hall–Kier alpha value is -2.75. The zero-order valence-electron chi connectivity index (χ0n) is 12.8. The number of hydrogen-bond acceptors (Lipinski definition) is 2. The molecule has 4 heteroatoms. The average molecular weight is 296 g/mol. The predicted octanol–water partition coefficient (Wildman–Crippen LogP) is 4.68. The molecule has 0 saturated carbocycles. The molecule has 0 aliphatic heterocycles. The summed E-state index contributed by atoms with van der Waals surface area (Å²) in [5, 5.41) is 5.55. The fourth-order valence-corrected chi connectivity index (χ4v) is 1.78. The first-order chi connectivity index (χ1) is 10.6. The predicted molar refractivity (Wildman–Crippen MR) is 90.5 cm³/mol. The van der Waals surface area contributed by atoms with Gasteiger partial charge in [0, 0.05) is 17.4 Å². The lowest BCUT2D eigenvalue weighted by Gasteiger charge is -2.09. The van der Waals surface area contributed by atoms with Crippen molar-refractivity contribution in [3.8, 4) is 5.75 Å². The Morgan fingerprint density at radius 2 is 1.68 bits per heavy atom. The van der Waals surface area contributed by atoms with Gasteiger partial charge in [-0.3, -0.25) is 0 Å². The monoisotopic (exact) mass is 296 g/mol. The van der Waals surface area contributed by atoms with E-state index in [0.29, 0.717) is 12.3 Å². The van der Waals surface area contributed by atoms with Gasteiger partial charge in [-0.2, -0.15) is 0 Å². The van der Waals surface area contributed by atoms with E-state index in [0.717, 1.165) is 11.4 Å². The molecule has 2 aromatic carbocycles. The second-order valence-corrected chi connectivity index (χ2v) is 5.07. The van der Waals surface area contributed by atoms with Crippen molar-refractivity contribution in [2.75, 3.05) is 17.2 Å². The first-order valence-electron chi connectivity index (χ1n) is 7.13. The second-order valence-electron chi connectivity index (χ2n) is 5.07. The molecule has 0 radical (unpaired) electrons. The molecular weight excluding hydrogens is 276 g/mol. The summed E-state index contributed by atoms with van der Waals surface area (Å²) >= 11 is 0. The lowest BCUT2D eigenvalue weighted by Crippen LogP contribution is -2.19. The number of ether oxygens (including phenoxy) is 1. The van der Waals surface area contributed by atoms with Crippen LogP contribution in [0.4, 0.5) is 16.2 Å². The number of carbonyl (C=O) groups is 1. The van der Waals surface area contributed by atoms with E-state index < -0.39 is 0 Å². The Labute approximate surface area is 130 Å². The minimum atomic E-state index is -0.285. The van der Waals surface area contributed by atoms with Gasteiger partial charge in [0.05, 0.1) is 0 Å². The summed E-state index contributed by atoms with van der Waals surface area (Å²) in [5.74, 6) is 0.718. The minimum absolute atomic E-state index is 0.285. The van der Waals surface area contributed by atoms with Gasteiger partial charge in [-0.25, -0.2) is 4.79 Å². The smallest absolute Gasteiger partial charge is 0.323 e. The molecule has 2 aromatic rings. The number of urea groups is 1. The number of hydrogen-bond donors (Lipinski definition) is 2. The highest BCUT2D eigenvalue weighted by atomic mass is 16.5. The van der Waals surface area contributed by atoms with E-state index in [2.05, 4.69) is 10.6 Å². The standard InChI is InChI=1S/C18H20N2O2/c1-14(2)11-12-22-17-10-6-9-16(13-17)20-18(21)19-15-7-4-3-5-8-15/h3-11,13H,12H2,1-2H3,(H2,19,20,21). The first-order valence-corrected chi connectivity index (χ1v) is 7.13.